The Balaban J connectivity index is 2.20. The van der Waals surface area contributed by atoms with Gasteiger partial charge in [0.25, 0.3) is 0 Å². The number of aliphatic carboxylic acids is 1. The molecule has 5 heteroatoms. The fourth-order valence-electron chi connectivity index (χ4n) is 2.06. The van der Waals surface area contributed by atoms with E-state index in [4.69, 9.17) is 10.2 Å². The van der Waals surface area contributed by atoms with Gasteiger partial charge >= 0.3 is 5.97 Å². The van der Waals surface area contributed by atoms with Crippen LogP contribution >= 0.6 is 0 Å². The first-order valence-electron chi connectivity index (χ1n) is 5.35. The number of aliphatic hydroxyl groups excluding tert-OH is 2. The zero-order valence-corrected chi connectivity index (χ0v) is 8.80. The maximum absolute atomic E-state index is 10.3. The molecular weight excluding hydrogens is 198 g/mol. The normalized spacial score (nSPS) is 24.3. The van der Waals surface area contributed by atoms with Crippen molar-refractivity contribution in [3.63, 3.8) is 0 Å². The molecule has 1 aliphatic rings. The molecule has 2 atom stereocenters. The van der Waals surface area contributed by atoms with Crippen LogP contribution in [0.3, 0.4) is 0 Å². The summed E-state index contributed by atoms with van der Waals surface area (Å²) in [5, 5.41) is 26.7. The molecule has 0 aromatic carbocycles. The van der Waals surface area contributed by atoms with E-state index < -0.39 is 12.1 Å². The number of carbonyl (C=O) groups is 1. The zero-order chi connectivity index (χ0) is 11.3. The molecule has 0 aliphatic carbocycles. The van der Waals surface area contributed by atoms with Gasteiger partial charge in [-0.2, -0.15) is 0 Å². The molecule has 0 bridgehead atoms. The average molecular weight is 217 g/mol. The molecule has 0 aromatic rings. The number of likely N-dealkylation sites (tertiary alicyclic amines) is 1. The Morgan fingerprint density at radius 1 is 1.53 bits per heavy atom. The highest BCUT2D eigenvalue weighted by atomic mass is 16.4. The molecule has 1 saturated heterocycles. The number of aliphatic hydroxyl groups is 2. The van der Waals surface area contributed by atoms with Gasteiger partial charge in [0.2, 0.25) is 0 Å². The highest BCUT2D eigenvalue weighted by Crippen LogP contribution is 2.19. The summed E-state index contributed by atoms with van der Waals surface area (Å²) in [7, 11) is 0. The van der Waals surface area contributed by atoms with Crippen LogP contribution in [-0.4, -0.2) is 58.5 Å². The highest BCUT2D eigenvalue weighted by molar-refractivity contribution is 5.67. The zero-order valence-electron chi connectivity index (χ0n) is 8.80. The molecule has 15 heavy (non-hydrogen) atoms. The molecule has 1 fully saturated rings. The van der Waals surface area contributed by atoms with Gasteiger partial charge < -0.3 is 20.2 Å². The summed E-state index contributed by atoms with van der Waals surface area (Å²) in [5.41, 5.74) is 0. The van der Waals surface area contributed by atoms with Gasteiger partial charge in [0.1, 0.15) is 0 Å². The number of carboxylic acids is 1. The van der Waals surface area contributed by atoms with Crippen LogP contribution in [0.4, 0.5) is 0 Å². The monoisotopic (exact) mass is 217 g/mol. The van der Waals surface area contributed by atoms with Crippen molar-refractivity contribution in [1.82, 2.24) is 4.90 Å². The maximum Gasteiger partial charge on any atom is 0.306 e. The summed E-state index contributed by atoms with van der Waals surface area (Å²) in [4.78, 5) is 12.4. The van der Waals surface area contributed by atoms with Gasteiger partial charge in [0, 0.05) is 19.7 Å². The number of β-amino-alcohol motifs (C(OH)–C–C–N with tert-alkyl or cyclic N) is 1. The van der Waals surface area contributed by atoms with Gasteiger partial charge in [-0.25, -0.2) is 0 Å². The van der Waals surface area contributed by atoms with Crippen molar-refractivity contribution < 1.29 is 20.1 Å². The van der Waals surface area contributed by atoms with Gasteiger partial charge in [-0.15, -0.1) is 0 Å². The predicted molar refractivity (Wildman–Crippen MR) is 54.5 cm³/mol. The average Bonchev–Trinajstić information content (AvgIpc) is 2.51. The van der Waals surface area contributed by atoms with Crippen molar-refractivity contribution in [2.45, 2.75) is 25.4 Å². The van der Waals surface area contributed by atoms with Crippen molar-refractivity contribution >= 4 is 5.97 Å². The third-order valence-corrected chi connectivity index (χ3v) is 2.79. The molecule has 1 aliphatic heterocycles. The number of carboxylic acid groups (broad SMARTS) is 1. The minimum absolute atomic E-state index is 0.193. The molecule has 0 aromatic heterocycles. The van der Waals surface area contributed by atoms with E-state index in [9.17, 15) is 9.90 Å². The van der Waals surface area contributed by atoms with E-state index in [-0.39, 0.29) is 13.0 Å². The smallest absolute Gasteiger partial charge is 0.306 e. The topological polar surface area (TPSA) is 81.0 Å². The molecule has 2 unspecified atom stereocenters. The summed E-state index contributed by atoms with van der Waals surface area (Å²) < 4.78 is 0. The number of rotatable bonds is 6. The molecule has 0 saturated carbocycles. The highest BCUT2D eigenvalue weighted by Gasteiger charge is 2.24. The van der Waals surface area contributed by atoms with E-state index in [1.165, 1.54) is 0 Å². The second-order valence-corrected chi connectivity index (χ2v) is 4.18. The summed E-state index contributed by atoms with van der Waals surface area (Å²) in [6.45, 7) is 2.38. The summed E-state index contributed by atoms with van der Waals surface area (Å²) in [5.74, 6) is -0.472. The summed E-state index contributed by atoms with van der Waals surface area (Å²) >= 11 is 0. The van der Waals surface area contributed by atoms with Crippen LogP contribution in [0.25, 0.3) is 0 Å². The van der Waals surface area contributed by atoms with E-state index in [1.54, 1.807) is 0 Å². The third kappa shape index (κ3) is 4.59. The lowest BCUT2D eigenvalue weighted by atomic mass is 10.1. The lowest BCUT2D eigenvalue weighted by Crippen LogP contribution is -2.32. The van der Waals surface area contributed by atoms with Gasteiger partial charge in [-0.1, -0.05) is 0 Å². The first kappa shape index (κ1) is 12.4. The Bertz CT molecular complexity index is 210. The predicted octanol–water partition coefficient (Wildman–Crippen LogP) is -0.474. The van der Waals surface area contributed by atoms with E-state index >= 15 is 0 Å². The molecule has 1 heterocycles. The van der Waals surface area contributed by atoms with Crippen LogP contribution < -0.4 is 0 Å². The standard InChI is InChI=1S/C10H19NO4/c12-4-2-8-1-3-11(6-8)7-9(13)5-10(14)15/h8-9,12-13H,1-7H2,(H,14,15). The first-order valence-corrected chi connectivity index (χ1v) is 5.35. The summed E-state index contributed by atoms with van der Waals surface area (Å²) in [6, 6.07) is 0. The molecule has 1 rings (SSSR count). The Labute approximate surface area is 89.3 Å². The van der Waals surface area contributed by atoms with Crippen molar-refractivity contribution in [3.8, 4) is 0 Å². The fourth-order valence-corrected chi connectivity index (χ4v) is 2.06. The van der Waals surface area contributed by atoms with Crippen LogP contribution in [-0.2, 0) is 4.79 Å². The van der Waals surface area contributed by atoms with E-state index in [2.05, 4.69) is 4.90 Å². The lowest BCUT2D eigenvalue weighted by Gasteiger charge is -2.18. The van der Waals surface area contributed by atoms with Crippen molar-refractivity contribution in [2.75, 3.05) is 26.2 Å². The van der Waals surface area contributed by atoms with Crippen LogP contribution in [0.2, 0.25) is 0 Å². The van der Waals surface area contributed by atoms with Gasteiger partial charge in [0.05, 0.1) is 12.5 Å². The van der Waals surface area contributed by atoms with Crippen molar-refractivity contribution in [3.05, 3.63) is 0 Å². The SMILES string of the molecule is O=C(O)CC(O)CN1CCC(CCO)C1. The Morgan fingerprint density at radius 2 is 2.27 bits per heavy atom. The molecule has 0 amide bonds. The second kappa shape index (κ2) is 6.05. The minimum Gasteiger partial charge on any atom is -0.481 e. The third-order valence-electron chi connectivity index (χ3n) is 2.79. The van der Waals surface area contributed by atoms with E-state index in [0.29, 0.717) is 12.5 Å². The Hall–Kier alpha value is -0.650. The summed E-state index contributed by atoms with van der Waals surface area (Å²) in [6.07, 6.45) is 0.850. The van der Waals surface area contributed by atoms with E-state index in [1.807, 2.05) is 0 Å². The molecule has 3 N–H and O–H groups in total. The van der Waals surface area contributed by atoms with Gasteiger partial charge in [-0.3, -0.25) is 4.79 Å². The Kier molecular flexibility index (Phi) is 5.01. The molecular formula is C10H19NO4. The lowest BCUT2D eigenvalue weighted by molar-refractivity contribution is -0.139. The molecule has 0 spiro atoms. The van der Waals surface area contributed by atoms with Crippen LogP contribution in [0.1, 0.15) is 19.3 Å². The van der Waals surface area contributed by atoms with E-state index in [0.717, 1.165) is 25.9 Å². The van der Waals surface area contributed by atoms with Crippen LogP contribution in [0.15, 0.2) is 0 Å². The van der Waals surface area contributed by atoms with Gasteiger partial charge in [-0.05, 0) is 25.3 Å². The molecule has 0 radical (unpaired) electrons. The number of nitrogens with zero attached hydrogens (tertiary/aromatic N) is 1. The second-order valence-electron chi connectivity index (χ2n) is 4.18. The Morgan fingerprint density at radius 3 is 2.87 bits per heavy atom. The number of hydrogen-bond acceptors (Lipinski definition) is 4. The van der Waals surface area contributed by atoms with Crippen molar-refractivity contribution in [2.24, 2.45) is 5.92 Å². The first-order chi connectivity index (χ1) is 7.11. The van der Waals surface area contributed by atoms with Crippen LogP contribution in [0.5, 0.6) is 0 Å². The number of hydrogen-bond donors (Lipinski definition) is 3. The fraction of sp³-hybridized carbons (Fsp3) is 0.900. The van der Waals surface area contributed by atoms with Crippen molar-refractivity contribution in [1.29, 1.82) is 0 Å². The van der Waals surface area contributed by atoms with Crippen LogP contribution in [0, 0.1) is 5.92 Å². The quantitative estimate of drug-likeness (QED) is 0.560. The maximum atomic E-state index is 10.3. The minimum atomic E-state index is -0.964. The molecule has 5 nitrogen and oxygen atoms in total. The molecule has 88 valence electrons. The largest absolute Gasteiger partial charge is 0.481 e. The van der Waals surface area contributed by atoms with Gasteiger partial charge in [0.15, 0.2) is 0 Å².